The van der Waals surface area contributed by atoms with E-state index in [1.54, 1.807) is 0 Å². The first-order valence-corrected chi connectivity index (χ1v) is 10.1. The molecule has 30 heavy (non-hydrogen) atoms. The van der Waals surface area contributed by atoms with Gasteiger partial charge in [0, 0.05) is 12.1 Å². The zero-order valence-corrected chi connectivity index (χ0v) is 17.7. The molecule has 0 saturated carbocycles. The predicted molar refractivity (Wildman–Crippen MR) is 118 cm³/mol. The number of aromatic nitrogens is 1. The van der Waals surface area contributed by atoms with E-state index in [9.17, 15) is 14.7 Å². The number of ether oxygens (including phenoxy) is 1. The minimum Gasteiger partial charge on any atom is -0.494 e. The number of aromatic amines is 1. The number of amides is 1. The molecule has 1 aromatic heterocycles. The lowest BCUT2D eigenvalue weighted by molar-refractivity contribution is -0.131. The Kier molecular flexibility index (Phi) is 6.90. The number of aliphatic hydroxyl groups excluding tert-OH is 1. The molecular formula is C24H28N2O4. The molecule has 0 aliphatic heterocycles. The molecule has 1 heterocycles. The highest BCUT2D eigenvalue weighted by Crippen LogP contribution is 2.19. The second-order valence-electron chi connectivity index (χ2n) is 7.47. The Morgan fingerprint density at radius 3 is 2.70 bits per heavy atom. The van der Waals surface area contributed by atoms with Crippen LogP contribution in [0.2, 0.25) is 0 Å². The van der Waals surface area contributed by atoms with Crippen LogP contribution in [0.25, 0.3) is 10.9 Å². The summed E-state index contributed by atoms with van der Waals surface area (Å²) in [6.07, 6.45) is 0.171. The van der Waals surface area contributed by atoms with E-state index in [0.29, 0.717) is 17.9 Å². The molecule has 3 aromatic rings. The summed E-state index contributed by atoms with van der Waals surface area (Å²) in [5, 5.41) is 10.4. The summed E-state index contributed by atoms with van der Waals surface area (Å²) in [6.45, 7) is 6.56. The lowest BCUT2D eigenvalue weighted by Crippen LogP contribution is -2.36. The highest BCUT2D eigenvalue weighted by Gasteiger charge is 2.17. The minimum absolute atomic E-state index is 0.142. The number of aliphatic hydroxyl groups is 1. The van der Waals surface area contributed by atoms with Crippen molar-refractivity contribution in [3.63, 3.8) is 0 Å². The Balaban J connectivity index is 1.84. The number of benzene rings is 2. The summed E-state index contributed by atoms with van der Waals surface area (Å²) in [7, 11) is 0. The van der Waals surface area contributed by atoms with Crippen LogP contribution in [-0.4, -0.2) is 40.7 Å². The van der Waals surface area contributed by atoms with E-state index in [0.717, 1.165) is 27.6 Å². The summed E-state index contributed by atoms with van der Waals surface area (Å²) in [6, 6.07) is 13.3. The van der Waals surface area contributed by atoms with Gasteiger partial charge in [0.15, 0.2) is 0 Å². The fourth-order valence-corrected chi connectivity index (χ4v) is 3.67. The summed E-state index contributed by atoms with van der Waals surface area (Å²) in [4.78, 5) is 30.0. The molecule has 1 amide bonds. The van der Waals surface area contributed by atoms with E-state index >= 15 is 0 Å². The Labute approximate surface area is 176 Å². The van der Waals surface area contributed by atoms with Crippen LogP contribution in [0.1, 0.15) is 29.2 Å². The number of nitrogens with one attached hydrogen (secondary N) is 1. The first kappa shape index (κ1) is 21.6. The van der Waals surface area contributed by atoms with Crippen molar-refractivity contribution < 1.29 is 14.6 Å². The van der Waals surface area contributed by atoms with E-state index in [1.165, 1.54) is 4.90 Å². The van der Waals surface area contributed by atoms with Gasteiger partial charge < -0.3 is 19.7 Å². The standard InChI is InChI=1S/C24H28N2O4/c1-4-30-21-7-5-6-18(12-21)13-22(28)26(8-9-27)15-20-14-19-11-16(2)10-17(3)23(19)25-24(20)29/h5-7,10-12,14,27H,4,8-9,13,15H2,1-3H3,(H,25,29). The number of H-pyrrole nitrogens is 1. The first-order valence-electron chi connectivity index (χ1n) is 10.1. The topological polar surface area (TPSA) is 82.6 Å². The van der Waals surface area contributed by atoms with Gasteiger partial charge in [-0.1, -0.05) is 23.8 Å². The monoisotopic (exact) mass is 408 g/mol. The summed E-state index contributed by atoms with van der Waals surface area (Å²) in [5.74, 6) is 0.561. The first-order chi connectivity index (χ1) is 14.4. The van der Waals surface area contributed by atoms with Crippen LogP contribution in [-0.2, 0) is 17.8 Å². The molecule has 0 bridgehead atoms. The quantitative estimate of drug-likeness (QED) is 0.600. The van der Waals surface area contributed by atoms with Crippen molar-refractivity contribution in [2.45, 2.75) is 33.7 Å². The molecule has 0 atom stereocenters. The number of aryl methyl sites for hydroxylation is 2. The molecule has 158 valence electrons. The number of rotatable bonds is 8. The van der Waals surface area contributed by atoms with Crippen LogP contribution < -0.4 is 10.3 Å². The molecule has 0 saturated heterocycles. The van der Waals surface area contributed by atoms with Crippen LogP contribution in [0.4, 0.5) is 0 Å². The Morgan fingerprint density at radius 1 is 1.17 bits per heavy atom. The molecular weight excluding hydrogens is 380 g/mol. The third kappa shape index (κ3) is 5.07. The highest BCUT2D eigenvalue weighted by atomic mass is 16.5. The molecule has 6 nitrogen and oxygen atoms in total. The average Bonchev–Trinajstić information content (AvgIpc) is 2.69. The van der Waals surface area contributed by atoms with E-state index < -0.39 is 0 Å². The molecule has 0 aliphatic carbocycles. The van der Waals surface area contributed by atoms with Gasteiger partial charge >= 0.3 is 0 Å². The number of carbonyl (C=O) groups excluding carboxylic acids is 1. The second-order valence-corrected chi connectivity index (χ2v) is 7.47. The van der Waals surface area contributed by atoms with Gasteiger partial charge in [-0.2, -0.15) is 0 Å². The van der Waals surface area contributed by atoms with Crippen molar-refractivity contribution in [1.82, 2.24) is 9.88 Å². The Bertz CT molecular complexity index is 1100. The lowest BCUT2D eigenvalue weighted by Gasteiger charge is -2.22. The molecule has 0 fully saturated rings. The zero-order chi connectivity index (χ0) is 21.7. The van der Waals surface area contributed by atoms with Crippen LogP contribution in [0.15, 0.2) is 47.3 Å². The lowest BCUT2D eigenvalue weighted by atomic mass is 10.0. The van der Waals surface area contributed by atoms with E-state index in [2.05, 4.69) is 4.98 Å². The van der Waals surface area contributed by atoms with Crippen molar-refractivity contribution in [3.8, 4) is 5.75 Å². The fourth-order valence-electron chi connectivity index (χ4n) is 3.67. The molecule has 0 aliphatic rings. The van der Waals surface area contributed by atoms with Crippen molar-refractivity contribution in [2.24, 2.45) is 0 Å². The molecule has 2 N–H and O–H groups in total. The van der Waals surface area contributed by atoms with Gasteiger partial charge in [-0.15, -0.1) is 0 Å². The van der Waals surface area contributed by atoms with E-state index in [4.69, 9.17) is 4.74 Å². The molecule has 2 aromatic carbocycles. The van der Waals surface area contributed by atoms with Crippen LogP contribution in [0.5, 0.6) is 5.75 Å². The maximum Gasteiger partial charge on any atom is 0.253 e. The number of carbonyl (C=O) groups is 1. The number of pyridine rings is 1. The maximum atomic E-state index is 12.9. The average molecular weight is 408 g/mol. The van der Waals surface area contributed by atoms with Crippen molar-refractivity contribution >= 4 is 16.8 Å². The van der Waals surface area contributed by atoms with Crippen molar-refractivity contribution in [2.75, 3.05) is 19.8 Å². The maximum absolute atomic E-state index is 12.9. The third-order valence-electron chi connectivity index (χ3n) is 5.02. The molecule has 0 radical (unpaired) electrons. The molecule has 6 heteroatoms. The van der Waals surface area contributed by atoms with Crippen molar-refractivity contribution in [3.05, 3.63) is 75.1 Å². The number of fused-ring (bicyclic) bond motifs is 1. The number of hydrogen-bond donors (Lipinski definition) is 2. The summed E-state index contributed by atoms with van der Waals surface area (Å²) < 4.78 is 5.50. The van der Waals surface area contributed by atoms with Crippen LogP contribution >= 0.6 is 0 Å². The molecule has 3 rings (SSSR count). The van der Waals surface area contributed by atoms with Gasteiger partial charge in [-0.05, 0) is 61.5 Å². The SMILES string of the molecule is CCOc1cccc(CC(=O)N(CCO)Cc2cc3cc(C)cc(C)c3[nH]c2=O)c1. The minimum atomic E-state index is -0.219. The van der Waals surface area contributed by atoms with Gasteiger partial charge in [0.2, 0.25) is 5.91 Å². The second kappa shape index (κ2) is 9.59. The van der Waals surface area contributed by atoms with Crippen molar-refractivity contribution in [1.29, 1.82) is 0 Å². The highest BCUT2D eigenvalue weighted by molar-refractivity contribution is 5.83. The molecule has 0 unspecified atom stereocenters. The summed E-state index contributed by atoms with van der Waals surface area (Å²) >= 11 is 0. The predicted octanol–water partition coefficient (Wildman–Crippen LogP) is 3.11. The Morgan fingerprint density at radius 2 is 1.97 bits per heavy atom. The summed E-state index contributed by atoms with van der Waals surface area (Å²) in [5.41, 5.74) is 4.03. The third-order valence-corrected chi connectivity index (χ3v) is 5.02. The smallest absolute Gasteiger partial charge is 0.253 e. The van der Waals surface area contributed by atoms with Gasteiger partial charge in [-0.3, -0.25) is 9.59 Å². The van der Waals surface area contributed by atoms with Gasteiger partial charge in [0.25, 0.3) is 5.56 Å². The number of hydrogen-bond acceptors (Lipinski definition) is 4. The normalized spacial score (nSPS) is 10.9. The van der Waals surface area contributed by atoms with E-state index in [-0.39, 0.29) is 37.6 Å². The van der Waals surface area contributed by atoms with E-state index in [1.807, 2.05) is 63.2 Å². The Hall–Kier alpha value is -3.12. The van der Waals surface area contributed by atoms with Gasteiger partial charge in [0.1, 0.15) is 5.75 Å². The largest absolute Gasteiger partial charge is 0.494 e. The fraction of sp³-hybridized carbons (Fsp3) is 0.333. The van der Waals surface area contributed by atoms with Gasteiger partial charge in [0.05, 0.1) is 31.7 Å². The van der Waals surface area contributed by atoms with Crippen LogP contribution in [0, 0.1) is 13.8 Å². The van der Waals surface area contributed by atoms with Gasteiger partial charge in [-0.25, -0.2) is 0 Å². The number of nitrogens with zero attached hydrogens (tertiary/aromatic N) is 1. The van der Waals surface area contributed by atoms with Crippen LogP contribution in [0.3, 0.4) is 0 Å². The zero-order valence-electron chi connectivity index (χ0n) is 17.7. The molecule has 0 spiro atoms.